The summed E-state index contributed by atoms with van der Waals surface area (Å²) in [5.74, 6) is 0. The van der Waals surface area contributed by atoms with Crippen LogP contribution in [-0.2, 0) is 26.2 Å². The van der Waals surface area contributed by atoms with Crippen molar-refractivity contribution in [2.45, 2.75) is 0 Å². The van der Waals surface area contributed by atoms with E-state index in [4.69, 9.17) is 0 Å². The van der Waals surface area contributed by atoms with Crippen LogP contribution in [0.5, 0.6) is 0 Å². The van der Waals surface area contributed by atoms with E-state index < -0.39 is 0 Å². The van der Waals surface area contributed by atoms with Crippen molar-refractivity contribution in [1.29, 1.82) is 0 Å². The first-order valence-electron chi connectivity index (χ1n) is 0. The third-order valence-corrected chi connectivity index (χ3v) is 0. The van der Waals surface area contributed by atoms with Gasteiger partial charge in [-0.3, -0.25) is 18.8 Å². The van der Waals surface area contributed by atoms with Gasteiger partial charge in [0.05, 0.1) is 0 Å². The van der Waals surface area contributed by atoms with Crippen molar-refractivity contribution in [3.8, 4) is 0 Å². The molecule has 0 rings (SSSR count). The van der Waals surface area contributed by atoms with Crippen molar-refractivity contribution >= 4 is 48.9 Å². The molecular weight excluding hydrogens is 305 g/mol. The van der Waals surface area contributed by atoms with E-state index in [1.807, 2.05) is 0 Å². The van der Waals surface area contributed by atoms with Gasteiger partial charge in [0.2, 0.25) is 0 Å². The van der Waals surface area contributed by atoms with E-state index in [1.54, 1.807) is 0 Å². The zero-order valence-electron chi connectivity index (χ0n) is 2.13. The van der Waals surface area contributed by atoms with Crippen LogP contribution in [0.4, 0.5) is 18.8 Å². The molecule has 0 aliphatic heterocycles. The fraction of sp³-hybridized carbons (Fsp3) is 0. The Morgan fingerprint density at radius 3 is 0.500 bits per heavy atom. The fourth-order valence-electron chi connectivity index (χ4n) is 0. The standard InChI is InChI=1S/Ba.4FH.Zr.2H/h;4*1H;;;. The van der Waals surface area contributed by atoms with Gasteiger partial charge in [-0.15, -0.1) is 0 Å². The third kappa shape index (κ3) is 35.0. The van der Waals surface area contributed by atoms with Gasteiger partial charge in [-0.25, -0.2) is 0 Å². The van der Waals surface area contributed by atoms with E-state index in [2.05, 4.69) is 0 Å². The van der Waals surface area contributed by atoms with Crippen molar-refractivity contribution in [3.05, 3.63) is 0 Å². The number of halogens is 4. The van der Waals surface area contributed by atoms with Gasteiger partial charge in [0, 0.05) is 26.2 Å². The maximum absolute atomic E-state index is 0. The monoisotopic (exact) mass is 310 g/mol. The van der Waals surface area contributed by atoms with Crippen LogP contribution in [-0.4, -0.2) is 48.9 Å². The van der Waals surface area contributed by atoms with Crippen LogP contribution in [0.2, 0.25) is 0 Å². The maximum Gasteiger partial charge on any atom is 0 e. The number of rotatable bonds is 0. The Hall–Kier alpha value is 2.17. The van der Waals surface area contributed by atoms with Crippen LogP contribution >= 0.6 is 0 Å². The van der Waals surface area contributed by atoms with Crippen molar-refractivity contribution in [3.63, 3.8) is 0 Å². The van der Waals surface area contributed by atoms with Gasteiger partial charge in [0.15, 0.2) is 0 Å². The fourth-order valence-corrected chi connectivity index (χ4v) is 0. The smallest absolute Gasteiger partial charge is 0 e. The summed E-state index contributed by atoms with van der Waals surface area (Å²) in [4.78, 5) is 0. The second-order valence-corrected chi connectivity index (χ2v) is 0. The molecule has 0 aromatic heterocycles. The van der Waals surface area contributed by atoms with Gasteiger partial charge >= 0.3 is 48.9 Å². The van der Waals surface area contributed by atoms with Crippen molar-refractivity contribution in [2.75, 3.05) is 0 Å². The van der Waals surface area contributed by atoms with E-state index in [-0.39, 0.29) is 93.9 Å². The summed E-state index contributed by atoms with van der Waals surface area (Å²) in [6, 6.07) is 0. The summed E-state index contributed by atoms with van der Waals surface area (Å²) < 4.78 is 0. The quantitative estimate of drug-likeness (QED) is 0.425. The van der Waals surface area contributed by atoms with Crippen LogP contribution in [0.25, 0.3) is 0 Å². The molecule has 0 aliphatic carbocycles. The Morgan fingerprint density at radius 2 is 0.500 bits per heavy atom. The Balaban J connectivity index is 0. The molecular formula is H6BaF4Zr. The second kappa shape index (κ2) is 57.8. The molecule has 0 saturated carbocycles. The van der Waals surface area contributed by atoms with E-state index in [9.17, 15) is 0 Å². The van der Waals surface area contributed by atoms with Crippen LogP contribution in [0, 0.1) is 0 Å². The van der Waals surface area contributed by atoms with Gasteiger partial charge in [0.1, 0.15) is 0 Å². The van der Waals surface area contributed by atoms with Crippen LogP contribution in [0.3, 0.4) is 0 Å². The largest absolute Gasteiger partial charge is 0 e. The Kier molecular flexibility index (Phi) is 858. The summed E-state index contributed by atoms with van der Waals surface area (Å²) in [6.07, 6.45) is 0. The maximum atomic E-state index is 0. The predicted molar refractivity (Wildman–Crippen MR) is 18.6 cm³/mol. The molecule has 0 heterocycles. The molecule has 0 N–H and O–H groups in total. The Bertz CT molecular complexity index is 7.51. The second-order valence-electron chi connectivity index (χ2n) is 0. The summed E-state index contributed by atoms with van der Waals surface area (Å²) in [5, 5.41) is 0. The summed E-state index contributed by atoms with van der Waals surface area (Å²) >= 11 is 0. The molecule has 0 aromatic rings. The third-order valence-electron chi connectivity index (χ3n) is 0. The zero-order chi connectivity index (χ0) is 0. The van der Waals surface area contributed by atoms with Crippen molar-refractivity contribution < 1.29 is 45.0 Å². The topological polar surface area (TPSA) is 0 Å². The molecule has 0 atom stereocenters. The van der Waals surface area contributed by atoms with Gasteiger partial charge in [0.25, 0.3) is 0 Å². The first-order chi connectivity index (χ1) is 0. The molecule has 0 bridgehead atoms. The first kappa shape index (κ1) is 89.0. The summed E-state index contributed by atoms with van der Waals surface area (Å²) in [5.41, 5.74) is 0. The minimum absolute atomic E-state index is 0. The molecule has 6 heavy (non-hydrogen) atoms. The summed E-state index contributed by atoms with van der Waals surface area (Å²) in [6.45, 7) is 0. The van der Waals surface area contributed by atoms with E-state index in [1.165, 1.54) is 0 Å². The van der Waals surface area contributed by atoms with Crippen LogP contribution in [0.15, 0.2) is 0 Å². The minimum atomic E-state index is 0. The average Bonchev–Trinajstić information content (AvgIpc) is 0. The average molecular weight is 311 g/mol. The zero-order valence-corrected chi connectivity index (χ0v) is 4.59. The molecule has 0 unspecified atom stereocenters. The van der Waals surface area contributed by atoms with Gasteiger partial charge in [-0.2, -0.15) is 0 Å². The minimum Gasteiger partial charge on any atom is 0 e. The van der Waals surface area contributed by atoms with Crippen molar-refractivity contribution in [1.82, 2.24) is 0 Å². The van der Waals surface area contributed by atoms with Gasteiger partial charge < -0.3 is 0 Å². The Labute approximate surface area is 92.1 Å². The molecule has 0 nitrogen and oxygen atoms in total. The summed E-state index contributed by atoms with van der Waals surface area (Å²) in [7, 11) is 0. The van der Waals surface area contributed by atoms with Gasteiger partial charge in [-0.1, -0.05) is 0 Å². The van der Waals surface area contributed by atoms with Crippen molar-refractivity contribution in [2.24, 2.45) is 0 Å². The molecule has 40 valence electrons. The normalized spacial score (nSPS) is 0. The predicted octanol–water partition coefficient (Wildman–Crippen LogP) is -0.309. The number of hydrogen-bond donors (Lipinski definition) is 0. The molecule has 0 saturated heterocycles. The number of hydrogen-bond acceptors (Lipinski definition) is 0. The molecule has 0 fully saturated rings. The van der Waals surface area contributed by atoms with Crippen LogP contribution in [0.1, 0.15) is 0 Å². The van der Waals surface area contributed by atoms with E-state index in [0.29, 0.717) is 0 Å². The van der Waals surface area contributed by atoms with E-state index >= 15 is 0 Å². The Morgan fingerprint density at radius 1 is 0.500 bits per heavy atom. The van der Waals surface area contributed by atoms with Crippen LogP contribution < -0.4 is 0 Å². The van der Waals surface area contributed by atoms with E-state index in [0.717, 1.165) is 0 Å². The molecule has 0 aromatic carbocycles. The molecule has 0 amide bonds. The molecule has 0 aliphatic rings. The molecule has 0 spiro atoms. The van der Waals surface area contributed by atoms with Gasteiger partial charge in [-0.05, 0) is 0 Å². The first-order valence-corrected chi connectivity index (χ1v) is 0. The molecule has 6 heteroatoms. The molecule has 0 radical (unpaired) electrons. The SMILES string of the molecule is F.F.F.F.[BaH2].[Zr].